The number of hydrogen-bond acceptors (Lipinski definition) is 3. The van der Waals surface area contributed by atoms with Crippen LogP contribution in [0.1, 0.15) is 30.9 Å². The first-order chi connectivity index (χ1) is 8.66. The number of hydrogen-bond donors (Lipinski definition) is 3. The van der Waals surface area contributed by atoms with E-state index in [0.29, 0.717) is 12.3 Å². The standard InChI is InChI=1S/C14H20N2O2/c15-12(10-6-7-10)8-14(18)16-9-13(17)11-4-2-1-3-5-11/h1-5,10,12-13,17H,6-9,15H2,(H,16,18). The molecule has 2 atom stereocenters. The highest BCUT2D eigenvalue weighted by Gasteiger charge is 2.29. The zero-order chi connectivity index (χ0) is 13.0. The van der Waals surface area contributed by atoms with Crippen molar-refractivity contribution in [3.8, 4) is 0 Å². The molecule has 4 nitrogen and oxygen atoms in total. The predicted octanol–water partition coefficient (Wildman–Crippen LogP) is 0.964. The van der Waals surface area contributed by atoms with Crippen LogP contribution in [0.3, 0.4) is 0 Å². The van der Waals surface area contributed by atoms with Crippen LogP contribution in [-0.4, -0.2) is 23.6 Å². The Hall–Kier alpha value is -1.39. The third-order valence-corrected chi connectivity index (χ3v) is 3.33. The Morgan fingerprint density at radius 1 is 1.39 bits per heavy atom. The van der Waals surface area contributed by atoms with Crippen LogP contribution in [0, 0.1) is 5.92 Å². The monoisotopic (exact) mass is 248 g/mol. The first kappa shape index (κ1) is 13.1. The van der Waals surface area contributed by atoms with E-state index in [9.17, 15) is 9.90 Å². The van der Waals surface area contributed by atoms with Crippen LogP contribution in [0.4, 0.5) is 0 Å². The maximum absolute atomic E-state index is 11.6. The van der Waals surface area contributed by atoms with Gasteiger partial charge in [0.15, 0.2) is 0 Å². The Balaban J connectivity index is 1.72. The smallest absolute Gasteiger partial charge is 0.221 e. The van der Waals surface area contributed by atoms with Gasteiger partial charge < -0.3 is 16.2 Å². The molecule has 0 aromatic heterocycles. The SMILES string of the molecule is NC(CC(=O)NCC(O)c1ccccc1)C1CC1. The molecular weight excluding hydrogens is 228 g/mol. The van der Waals surface area contributed by atoms with E-state index in [-0.39, 0.29) is 18.5 Å². The number of amides is 1. The van der Waals surface area contributed by atoms with Gasteiger partial charge in [-0.1, -0.05) is 30.3 Å². The van der Waals surface area contributed by atoms with E-state index < -0.39 is 6.10 Å². The van der Waals surface area contributed by atoms with Crippen molar-refractivity contribution in [1.82, 2.24) is 5.32 Å². The molecule has 0 spiro atoms. The van der Waals surface area contributed by atoms with Gasteiger partial charge in [0, 0.05) is 19.0 Å². The van der Waals surface area contributed by atoms with Crippen LogP contribution in [0.2, 0.25) is 0 Å². The summed E-state index contributed by atoms with van der Waals surface area (Å²) >= 11 is 0. The fraction of sp³-hybridized carbons (Fsp3) is 0.500. The predicted molar refractivity (Wildman–Crippen MR) is 69.7 cm³/mol. The number of nitrogens with two attached hydrogens (primary N) is 1. The third kappa shape index (κ3) is 3.82. The lowest BCUT2D eigenvalue weighted by Crippen LogP contribution is -2.35. The molecule has 1 fully saturated rings. The summed E-state index contributed by atoms with van der Waals surface area (Å²) in [4.78, 5) is 11.6. The van der Waals surface area contributed by atoms with Gasteiger partial charge in [-0.2, -0.15) is 0 Å². The van der Waals surface area contributed by atoms with Crippen LogP contribution in [-0.2, 0) is 4.79 Å². The Bertz CT molecular complexity index is 390. The van der Waals surface area contributed by atoms with E-state index in [1.807, 2.05) is 30.3 Å². The zero-order valence-corrected chi connectivity index (χ0v) is 10.4. The summed E-state index contributed by atoms with van der Waals surface area (Å²) < 4.78 is 0. The average Bonchev–Trinajstić information content (AvgIpc) is 3.21. The van der Waals surface area contributed by atoms with Crippen molar-refractivity contribution in [1.29, 1.82) is 0 Å². The molecule has 1 amide bonds. The van der Waals surface area contributed by atoms with Gasteiger partial charge in [-0.3, -0.25) is 4.79 Å². The second-order valence-corrected chi connectivity index (χ2v) is 4.94. The third-order valence-electron chi connectivity index (χ3n) is 3.33. The summed E-state index contributed by atoms with van der Waals surface area (Å²) in [5.74, 6) is 0.444. The topological polar surface area (TPSA) is 75.4 Å². The zero-order valence-electron chi connectivity index (χ0n) is 10.4. The number of aliphatic hydroxyl groups is 1. The van der Waals surface area contributed by atoms with Crippen LogP contribution >= 0.6 is 0 Å². The van der Waals surface area contributed by atoms with Gasteiger partial charge in [-0.15, -0.1) is 0 Å². The first-order valence-corrected chi connectivity index (χ1v) is 6.42. The minimum atomic E-state index is -0.660. The fourth-order valence-corrected chi connectivity index (χ4v) is 1.98. The highest BCUT2D eigenvalue weighted by atomic mass is 16.3. The van der Waals surface area contributed by atoms with E-state index in [2.05, 4.69) is 5.32 Å². The van der Waals surface area contributed by atoms with Crippen molar-refractivity contribution in [3.05, 3.63) is 35.9 Å². The van der Waals surface area contributed by atoms with E-state index in [1.165, 1.54) is 0 Å². The van der Waals surface area contributed by atoms with E-state index in [4.69, 9.17) is 5.73 Å². The second kappa shape index (κ2) is 5.98. The normalized spacial score (nSPS) is 18.1. The number of rotatable bonds is 6. The Labute approximate surface area is 107 Å². The minimum absolute atomic E-state index is 0.0288. The van der Waals surface area contributed by atoms with Crippen molar-refractivity contribution in [3.63, 3.8) is 0 Å². The Kier molecular flexibility index (Phi) is 4.33. The van der Waals surface area contributed by atoms with Crippen molar-refractivity contribution in [2.75, 3.05) is 6.54 Å². The van der Waals surface area contributed by atoms with Gasteiger partial charge in [0.25, 0.3) is 0 Å². The van der Waals surface area contributed by atoms with E-state index in [1.54, 1.807) is 0 Å². The Morgan fingerprint density at radius 3 is 2.67 bits per heavy atom. The molecule has 1 saturated carbocycles. The van der Waals surface area contributed by atoms with Crippen LogP contribution in [0.5, 0.6) is 0 Å². The summed E-state index contributed by atoms with van der Waals surface area (Å²) in [6, 6.07) is 9.27. The highest BCUT2D eigenvalue weighted by Crippen LogP contribution is 2.32. The molecule has 1 aliphatic rings. The Morgan fingerprint density at radius 2 is 2.06 bits per heavy atom. The molecule has 2 rings (SSSR count). The summed E-state index contributed by atoms with van der Waals surface area (Å²) in [5.41, 5.74) is 6.68. The molecule has 2 unspecified atom stereocenters. The first-order valence-electron chi connectivity index (χ1n) is 6.42. The lowest BCUT2D eigenvalue weighted by atomic mass is 10.1. The number of benzene rings is 1. The summed E-state index contributed by atoms with van der Waals surface area (Å²) in [7, 11) is 0. The summed E-state index contributed by atoms with van der Waals surface area (Å²) in [6.45, 7) is 0.236. The largest absolute Gasteiger partial charge is 0.387 e. The van der Waals surface area contributed by atoms with Crippen molar-refractivity contribution >= 4 is 5.91 Å². The van der Waals surface area contributed by atoms with E-state index in [0.717, 1.165) is 18.4 Å². The number of nitrogens with one attached hydrogen (secondary N) is 1. The van der Waals surface area contributed by atoms with E-state index >= 15 is 0 Å². The number of carbonyl (C=O) groups is 1. The molecule has 0 radical (unpaired) electrons. The molecule has 0 bridgehead atoms. The lowest BCUT2D eigenvalue weighted by molar-refractivity contribution is -0.122. The fourth-order valence-electron chi connectivity index (χ4n) is 1.98. The van der Waals surface area contributed by atoms with Crippen molar-refractivity contribution < 1.29 is 9.90 Å². The van der Waals surface area contributed by atoms with Crippen LogP contribution in [0.25, 0.3) is 0 Å². The quantitative estimate of drug-likeness (QED) is 0.702. The average molecular weight is 248 g/mol. The lowest BCUT2D eigenvalue weighted by Gasteiger charge is -2.14. The molecule has 4 heteroatoms. The summed E-state index contributed by atoms with van der Waals surface area (Å²) in [6.07, 6.45) is 1.97. The molecule has 0 heterocycles. The van der Waals surface area contributed by atoms with Crippen molar-refractivity contribution in [2.45, 2.75) is 31.4 Å². The van der Waals surface area contributed by atoms with Gasteiger partial charge in [0.1, 0.15) is 0 Å². The molecule has 1 aromatic rings. The van der Waals surface area contributed by atoms with Gasteiger partial charge in [-0.25, -0.2) is 0 Å². The van der Waals surface area contributed by atoms with Gasteiger partial charge in [0.2, 0.25) is 5.91 Å². The molecule has 0 saturated heterocycles. The maximum Gasteiger partial charge on any atom is 0.221 e. The molecule has 1 aromatic carbocycles. The number of aliphatic hydroxyl groups excluding tert-OH is 1. The van der Waals surface area contributed by atoms with Crippen LogP contribution in [0.15, 0.2) is 30.3 Å². The molecule has 4 N–H and O–H groups in total. The van der Waals surface area contributed by atoms with Gasteiger partial charge >= 0.3 is 0 Å². The molecule has 98 valence electrons. The minimum Gasteiger partial charge on any atom is -0.387 e. The van der Waals surface area contributed by atoms with Gasteiger partial charge in [-0.05, 0) is 24.3 Å². The number of carbonyl (C=O) groups excluding carboxylic acids is 1. The second-order valence-electron chi connectivity index (χ2n) is 4.94. The van der Waals surface area contributed by atoms with Gasteiger partial charge in [0.05, 0.1) is 6.10 Å². The summed E-state index contributed by atoms with van der Waals surface area (Å²) in [5, 5.41) is 12.6. The molecule has 0 aliphatic heterocycles. The molecule has 1 aliphatic carbocycles. The maximum atomic E-state index is 11.6. The van der Waals surface area contributed by atoms with Crippen molar-refractivity contribution in [2.24, 2.45) is 11.7 Å². The van der Waals surface area contributed by atoms with Crippen LogP contribution < -0.4 is 11.1 Å². The highest BCUT2D eigenvalue weighted by molar-refractivity contribution is 5.76. The molecular formula is C14H20N2O2. The molecule has 18 heavy (non-hydrogen) atoms.